The Morgan fingerprint density at radius 2 is 1.19 bits per heavy atom. The molecule has 2 aliphatic rings. The van der Waals surface area contributed by atoms with Crippen LogP contribution in [0.3, 0.4) is 0 Å². The van der Waals surface area contributed by atoms with E-state index in [2.05, 4.69) is 0 Å². The largest absolute Gasteiger partial charge is 0.481 e. The van der Waals surface area contributed by atoms with Crippen LogP contribution in [0.5, 0.6) is 0 Å². The predicted octanol–water partition coefficient (Wildman–Crippen LogP) is 1.03. The topological polar surface area (TPSA) is 127 Å². The van der Waals surface area contributed by atoms with Gasteiger partial charge >= 0.3 is 11.9 Å². The van der Waals surface area contributed by atoms with Gasteiger partial charge in [-0.1, -0.05) is 0 Å². The Bertz CT molecular complexity index is 365. The lowest BCUT2D eigenvalue weighted by Crippen LogP contribution is -2.43. The van der Waals surface area contributed by atoms with E-state index in [1.165, 1.54) is 0 Å². The van der Waals surface area contributed by atoms with E-state index in [1.807, 2.05) is 0 Å². The van der Waals surface area contributed by atoms with Gasteiger partial charge in [0.2, 0.25) is 0 Å². The van der Waals surface area contributed by atoms with Crippen LogP contribution in [0.2, 0.25) is 0 Å². The summed E-state index contributed by atoms with van der Waals surface area (Å²) in [5, 5.41) is 18.4. The fraction of sp³-hybridized carbons (Fsp3) is 0.867. The summed E-state index contributed by atoms with van der Waals surface area (Å²) in [5.74, 6) is -1.82. The third-order valence-corrected chi connectivity index (χ3v) is 5.33. The quantitative estimate of drug-likeness (QED) is 0.614. The molecule has 2 saturated carbocycles. The van der Waals surface area contributed by atoms with Crippen molar-refractivity contribution in [1.82, 2.24) is 0 Å². The minimum atomic E-state index is -0.804. The average Bonchev–Trinajstić information content (AvgIpc) is 2.42. The molecule has 0 saturated heterocycles. The van der Waals surface area contributed by atoms with Crippen molar-refractivity contribution < 1.29 is 19.8 Å². The Morgan fingerprint density at radius 3 is 1.52 bits per heavy atom. The lowest BCUT2D eigenvalue weighted by Gasteiger charge is -2.37. The highest BCUT2D eigenvalue weighted by molar-refractivity contribution is 5.71. The van der Waals surface area contributed by atoms with Crippen molar-refractivity contribution in [1.29, 1.82) is 0 Å². The van der Waals surface area contributed by atoms with Gasteiger partial charge in [0.25, 0.3) is 0 Å². The summed E-state index contributed by atoms with van der Waals surface area (Å²) in [4.78, 5) is 22.4. The van der Waals surface area contributed by atoms with Gasteiger partial charge in [0.1, 0.15) is 0 Å². The summed E-state index contributed by atoms with van der Waals surface area (Å²) in [6.07, 6.45) is 5.55. The number of hydrogen-bond donors (Lipinski definition) is 4. The van der Waals surface area contributed by atoms with Crippen molar-refractivity contribution in [2.75, 3.05) is 0 Å². The molecule has 0 aromatic carbocycles. The number of carboxylic acids is 2. The number of aliphatic carboxylic acids is 2. The molecular weight excluding hydrogens is 272 g/mol. The molecule has 6 heteroatoms. The highest BCUT2D eigenvalue weighted by Gasteiger charge is 2.37. The minimum absolute atomic E-state index is 0.245. The molecule has 2 aliphatic carbocycles. The van der Waals surface area contributed by atoms with Gasteiger partial charge in [-0.2, -0.15) is 0 Å². The molecule has 6 N–H and O–H groups in total. The highest BCUT2D eigenvalue weighted by Crippen LogP contribution is 2.38. The Labute approximate surface area is 124 Å². The van der Waals surface area contributed by atoms with Crippen LogP contribution in [-0.2, 0) is 9.59 Å². The third-order valence-electron chi connectivity index (χ3n) is 5.33. The lowest BCUT2D eigenvalue weighted by molar-refractivity contribution is -0.144. The normalized spacial score (nSPS) is 40.7. The highest BCUT2D eigenvalue weighted by atomic mass is 16.4. The maximum atomic E-state index is 11.2. The van der Waals surface area contributed by atoms with E-state index in [4.69, 9.17) is 11.5 Å². The van der Waals surface area contributed by atoms with Crippen molar-refractivity contribution in [2.45, 2.75) is 57.0 Å². The van der Waals surface area contributed by atoms with Crippen LogP contribution >= 0.6 is 0 Å². The molecule has 2 rings (SSSR count). The van der Waals surface area contributed by atoms with Gasteiger partial charge in [-0.3, -0.25) is 9.59 Å². The van der Waals surface area contributed by atoms with Crippen molar-refractivity contribution >= 4 is 11.9 Å². The fourth-order valence-electron chi connectivity index (χ4n) is 4.03. The first-order valence-corrected chi connectivity index (χ1v) is 7.85. The summed E-state index contributed by atoms with van der Waals surface area (Å²) in [6, 6.07) is -0.490. The molecule has 2 fully saturated rings. The van der Waals surface area contributed by atoms with Crippen LogP contribution in [0.4, 0.5) is 0 Å². The Morgan fingerprint density at radius 1 is 0.810 bits per heavy atom. The summed E-state index contributed by atoms with van der Waals surface area (Å²) in [6.45, 7) is 0. The monoisotopic (exact) mass is 298 g/mol. The maximum Gasteiger partial charge on any atom is 0.308 e. The smallest absolute Gasteiger partial charge is 0.308 e. The summed E-state index contributed by atoms with van der Waals surface area (Å²) in [5.41, 5.74) is 11.8. The van der Waals surface area contributed by atoms with Crippen LogP contribution in [-0.4, -0.2) is 34.2 Å². The average molecular weight is 298 g/mol. The van der Waals surface area contributed by atoms with Gasteiger partial charge in [0.05, 0.1) is 11.8 Å². The Kier molecular flexibility index (Phi) is 5.22. The second kappa shape index (κ2) is 6.75. The molecule has 0 spiro atoms. The van der Waals surface area contributed by atoms with Gasteiger partial charge in [0.15, 0.2) is 0 Å². The van der Waals surface area contributed by atoms with E-state index in [0.29, 0.717) is 24.7 Å². The number of hydrogen-bond acceptors (Lipinski definition) is 4. The molecule has 0 bridgehead atoms. The number of carboxylic acid groups (broad SMARTS) is 2. The van der Waals surface area contributed by atoms with E-state index in [0.717, 1.165) is 32.1 Å². The van der Waals surface area contributed by atoms with Crippen molar-refractivity contribution in [3.63, 3.8) is 0 Å². The zero-order valence-electron chi connectivity index (χ0n) is 12.3. The first-order valence-electron chi connectivity index (χ1n) is 7.85. The number of carbonyl (C=O) groups is 2. The van der Waals surface area contributed by atoms with Crippen LogP contribution < -0.4 is 11.5 Å². The molecule has 6 nitrogen and oxygen atoms in total. The van der Waals surface area contributed by atoms with E-state index in [9.17, 15) is 19.8 Å². The summed E-state index contributed by atoms with van der Waals surface area (Å²) >= 11 is 0. The third kappa shape index (κ3) is 3.95. The van der Waals surface area contributed by atoms with Gasteiger partial charge in [-0.15, -0.1) is 0 Å². The second-order valence-electron chi connectivity index (χ2n) is 6.81. The molecule has 0 amide bonds. The first kappa shape index (κ1) is 16.2. The molecule has 21 heavy (non-hydrogen) atoms. The Balaban J connectivity index is 1.90. The molecular formula is C15H26N2O4. The van der Waals surface area contributed by atoms with Gasteiger partial charge in [-0.05, 0) is 56.8 Å². The van der Waals surface area contributed by atoms with E-state index in [1.54, 1.807) is 0 Å². The molecule has 0 aromatic rings. The maximum absolute atomic E-state index is 11.2. The van der Waals surface area contributed by atoms with Crippen molar-refractivity contribution in [3.05, 3.63) is 0 Å². The van der Waals surface area contributed by atoms with Crippen LogP contribution in [0.1, 0.15) is 44.9 Å². The molecule has 0 aromatic heterocycles. The molecule has 120 valence electrons. The molecule has 0 radical (unpaired) electrons. The zero-order chi connectivity index (χ0) is 15.6. The van der Waals surface area contributed by atoms with E-state index in [-0.39, 0.29) is 12.1 Å². The summed E-state index contributed by atoms with van der Waals surface area (Å²) in [7, 11) is 0. The van der Waals surface area contributed by atoms with Gasteiger partial charge in [-0.25, -0.2) is 0 Å². The predicted molar refractivity (Wildman–Crippen MR) is 77.5 cm³/mol. The van der Waals surface area contributed by atoms with Crippen LogP contribution in [0.25, 0.3) is 0 Å². The fourth-order valence-corrected chi connectivity index (χ4v) is 4.03. The molecule has 6 atom stereocenters. The van der Waals surface area contributed by atoms with Crippen LogP contribution in [0.15, 0.2) is 0 Å². The number of nitrogens with two attached hydrogens (primary N) is 2. The Hall–Kier alpha value is -1.14. The van der Waals surface area contributed by atoms with Crippen LogP contribution in [0, 0.1) is 23.7 Å². The van der Waals surface area contributed by atoms with Gasteiger partial charge < -0.3 is 21.7 Å². The molecule has 0 heterocycles. The second-order valence-corrected chi connectivity index (χ2v) is 6.81. The standard InChI is InChI=1S/C15H26N2O4/c16-12-3-1-8(6-10(12)14(18)19)5-9-2-4-13(17)11(7-9)15(20)21/h8-13H,1-7,16-17H2,(H,18,19)(H,20,21). The summed E-state index contributed by atoms with van der Waals surface area (Å²) < 4.78 is 0. The first-order chi connectivity index (χ1) is 9.88. The lowest BCUT2D eigenvalue weighted by atomic mass is 9.70. The van der Waals surface area contributed by atoms with E-state index >= 15 is 0 Å². The molecule has 6 unspecified atom stereocenters. The van der Waals surface area contributed by atoms with Crippen molar-refractivity contribution in [2.24, 2.45) is 35.1 Å². The van der Waals surface area contributed by atoms with Gasteiger partial charge in [0, 0.05) is 12.1 Å². The zero-order valence-corrected chi connectivity index (χ0v) is 12.3. The number of rotatable bonds is 4. The SMILES string of the molecule is NC1CCC(CC2CCC(N)C(C(=O)O)C2)CC1C(=O)O. The molecule has 0 aliphatic heterocycles. The van der Waals surface area contributed by atoms with E-state index < -0.39 is 23.8 Å². The van der Waals surface area contributed by atoms with Crippen molar-refractivity contribution in [3.8, 4) is 0 Å². The minimum Gasteiger partial charge on any atom is -0.481 e.